The van der Waals surface area contributed by atoms with E-state index in [1.54, 1.807) is 37.3 Å². The largest absolute Gasteiger partial charge is 0.503 e. The maximum absolute atomic E-state index is 13.2. The fourth-order valence-electron chi connectivity index (χ4n) is 3.17. The van der Waals surface area contributed by atoms with Gasteiger partial charge in [0.1, 0.15) is 5.76 Å². The summed E-state index contributed by atoms with van der Waals surface area (Å²) in [4.78, 5) is 27.5. The summed E-state index contributed by atoms with van der Waals surface area (Å²) < 4.78 is 6.14. The summed E-state index contributed by atoms with van der Waals surface area (Å²) in [5.41, 5.74) is 0.528. The van der Waals surface area contributed by atoms with Crippen LogP contribution in [0.3, 0.4) is 0 Å². The molecule has 1 atom stereocenters. The Kier molecular flexibility index (Phi) is 5.68. The van der Waals surface area contributed by atoms with Gasteiger partial charge in [-0.2, -0.15) is 0 Å². The van der Waals surface area contributed by atoms with Gasteiger partial charge >= 0.3 is 0 Å². The molecule has 7 nitrogen and oxygen atoms in total. The number of halogens is 1. The lowest BCUT2D eigenvalue weighted by atomic mass is 9.95. The number of anilines is 1. The molecule has 0 radical (unpaired) electrons. The third kappa shape index (κ3) is 3.64. The summed E-state index contributed by atoms with van der Waals surface area (Å²) in [6.07, 6.45) is 0. The summed E-state index contributed by atoms with van der Waals surface area (Å²) in [7, 11) is 0. The highest BCUT2D eigenvalue weighted by Crippen LogP contribution is 2.43. The SMILES string of the molecule is CCSc1nnc(N2C(=O)C(O)=C(C(=O)c3ccc(C)o3)[C@H]2c2ccc(Cl)cc2)s1. The van der Waals surface area contributed by atoms with Crippen molar-refractivity contribution in [2.24, 2.45) is 0 Å². The molecular weight excluding hydrogens is 446 g/mol. The molecule has 3 aromatic rings. The molecule has 0 saturated carbocycles. The Bertz CT molecular complexity index is 1150. The maximum atomic E-state index is 13.2. The second-order valence-corrected chi connectivity index (χ2v) is 9.32. The van der Waals surface area contributed by atoms with E-state index in [0.717, 1.165) is 5.75 Å². The van der Waals surface area contributed by atoms with E-state index in [1.807, 2.05) is 6.92 Å². The summed E-state index contributed by atoms with van der Waals surface area (Å²) in [5, 5.41) is 19.7. The molecular formula is C20H16ClN3O4S2. The predicted molar refractivity (Wildman–Crippen MR) is 115 cm³/mol. The number of thioether (sulfide) groups is 1. The molecule has 1 N–H and O–H groups in total. The summed E-state index contributed by atoms with van der Waals surface area (Å²) >= 11 is 8.73. The number of aliphatic hydroxyl groups excluding tert-OH is 1. The smallest absolute Gasteiger partial charge is 0.296 e. The van der Waals surface area contributed by atoms with Crippen LogP contribution in [0, 0.1) is 6.92 Å². The highest BCUT2D eigenvalue weighted by atomic mass is 35.5. The number of hydrogen-bond donors (Lipinski definition) is 1. The number of hydrogen-bond acceptors (Lipinski definition) is 8. The molecule has 30 heavy (non-hydrogen) atoms. The molecule has 3 heterocycles. The Morgan fingerprint density at radius 1 is 1.27 bits per heavy atom. The van der Waals surface area contributed by atoms with E-state index in [1.165, 1.54) is 34.1 Å². The lowest BCUT2D eigenvalue weighted by Crippen LogP contribution is -2.31. The van der Waals surface area contributed by atoms with Gasteiger partial charge in [-0.3, -0.25) is 14.5 Å². The van der Waals surface area contributed by atoms with Crippen LogP contribution in [0.5, 0.6) is 0 Å². The minimum atomic E-state index is -0.889. The van der Waals surface area contributed by atoms with Crippen molar-refractivity contribution < 1.29 is 19.1 Å². The number of amides is 1. The van der Waals surface area contributed by atoms with Gasteiger partial charge in [0.2, 0.25) is 10.9 Å². The highest BCUT2D eigenvalue weighted by molar-refractivity contribution is 8.01. The van der Waals surface area contributed by atoms with E-state index in [4.69, 9.17) is 16.0 Å². The minimum Gasteiger partial charge on any atom is -0.503 e. The van der Waals surface area contributed by atoms with E-state index in [2.05, 4.69) is 10.2 Å². The topological polar surface area (TPSA) is 96.5 Å². The van der Waals surface area contributed by atoms with Gasteiger partial charge in [-0.05, 0) is 42.5 Å². The van der Waals surface area contributed by atoms with Crippen LogP contribution >= 0.6 is 34.7 Å². The number of rotatable bonds is 6. The van der Waals surface area contributed by atoms with Crippen molar-refractivity contribution in [3.05, 3.63) is 69.8 Å². The fourth-order valence-corrected chi connectivity index (χ4v) is 5.06. The average Bonchev–Trinajstić information content (AvgIpc) is 3.42. The van der Waals surface area contributed by atoms with Gasteiger partial charge in [0, 0.05) is 5.02 Å². The van der Waals surface area contributed by atoms with Crippen LogP contribution in [0.2, 0.25) is 5.02 Å². The van der Waals surface area contributed by atoms with Crippen molar-refractivity contribution in [3.63, 3.8) is 0 Å². The third-order valence-corrected chi connectivity index (χ3v) is 6.66. The molecule has 0 unspecified atom stereocenters. The monoisotopic (exact) mass is 461 g/mol. The first-order valence-corrected chi connectivity index (χ1v) is 11.2. The maximum Gasteiger partial charge on any atom is 0.296 e. The molecule has 4 rings (SSSR count). The fraction of sp³-hybridized carbons (Fsp3) is 0.200. The predicted octanol–water partition coefficient (Wildman–Crippen LogP) is 4.99. The van der Waals surface area contributed by atoms with Crippen LogP contribution in [0.4, 0.5) is 5.13 Å². The van der Waals surface area contributed by atoms with Gasteiger partial charge in [0.25, 0.3) is 5.91 Å². The molecule has 1 aliphatic heterocycles. The van der Waals surface area contributed by atoms with Crippen LogP contribution in [0.15, 0.2) is 56.5 Å². The second kappa shape index (κ2) is 8.25. The van der Waals surface area contributed by atoms with Crippen LogP contribution in [-0.2, 0) is 4.79 Å². The molecule has 0 saturated heterocycles. The van der Waals surface area contributed by atoms with Crippen molar-refractivity contribution in [1.29, 1.82) is 0 Å². The Morgan fingerprint density at radius 2 is 2.00 bits per heavy atom. The lowest BCUT2D eigenvalue weighted by Gasteiger charge is -2.23. The number of Topliss-reactive ketones (excluding diaryl/α,β-unsaturated/α-hetero) is 1. The van der Waals surface area contributed by atoms with E-state index in [-0.39, 0.29) is 11.3 Å². The summed E-state index contributed by atoms with van der Waals surface area (Å²) in [6, 6.07) is 9.00. The molecule has 0 spiro atoms. The van der Waals surface area contributed by atoms with Crippen molar-refractivity contribution in [3.8, 4) is 0 Å². The zero-order valence-electron chi connectivity index (χ0n) is 16.0. The molecule has 0 aliphatic carbocycles. The highest BCUT2D eigenvalue weighted by Gasteiger charge is 2.46. The molecule has 1 aromatic carbocycles. The van der Waals surface area contributed by atoms with E-state index < -0.39 is 23.5 Å². The normalized spacial score (nSPS) is 16.6. The zero-order valence-corrected chi connectivity index (χ0v) is 18.3. The Hall–Kier alpha value is -2.62. The number of aryl methyl sites for hydroxylation is 1. The van der Waals surface area contributed by atoms with Gasteiger partial charge in [0.15, 0.2) is 15.9 Å². The van der Waals surface area contributed by atoms with Gasteiger partial charge in [0.05, 0.1) is 11.6 Å². The van der Waals surface area contributed by atoms with Gasteiger partial charge < -0.3 is 9.52 Å². The Balaban J connectivity index is 1.83. The number of aliphatic hydroxyl groups is 1. The van der Waals surface area contributed by atoms with Crippen LogP contribution in [-0.4, -0.2) is 32.7 Å². The van der Waals surface area contributed by atoms with Crippen molar-refractivity contribution in [2.45, 2.75) is 24.2 Å². The number of benzene rings is 1. The summed E-state index contributed by atoms with van der Waals surface area (Å²) in [6.45, 7) is 3.70. The van der Waals surface area contributed by atoms with E-state index in [0.29, 0.717) is 25.8 Å². The van der Waals surface area contributed by atoms with Crippen molar-refractivity contribution in [2.75, 3.05) is 10.7 Å². The van der Waals surface area contributed by atoms with Gasteiger partial charge in [-0.25, -0.2) is 0 Å². The van der Waals surface area contributed by atoms with Crippen LogP contribution < -0.4 is 4.90 Å². The molecule has 1 aliphatic rings. The van der Waals surface area contributed by atoms with Crippen molar-refractivity contribution >= 4 is 51.5 Å². The van der Waals surface area contributed by atoms with E-state index in [9.17, 15) is 14.7 Å². The molecule has 2 aromatic heterocycles. The molecule has 10 heteroatoms. The second-order valence-electron chi connectivity index (χ2n) is 6.41. The zero-order chi connectivity index (χ0) is 21.4. The van der Waals surface area contributed by atoms with Gasteiger partial charge in [-0.1, -0.05) is 53.8 Å². The number of furan rings is 1. The third-order valence-electron chi connectivity index (χ3n) is 4.47. The number of aromatic nitrogens is 2. The average molecular weight is 462 g/mol. The quantitative estimate of drug-likeness (QED) is 0.314. The first-order chi connectivity index (χ1) is 14.4. The number of carbonyl (C=O) groups is 2. The van der Waals surface area contributed by atoms with Crippen molar-refractivity contribution in [1.82, 2.24) is 10.2 Å². The molecule has 1 amide bonds. The summed E-state index contributed by atoms with van der Waals surface area (Å²) in [5.74, 6) is -0.521. The first-order valence-electron chi connectivity index (χ1n) is 9.00. The Labute approximate surface area is 185 Å². The van der Waals surface area contributed by atoms with Crippen LogP contribution in [0.25, 0.3) is 0 Å². The van der Waals surface area contributed by atoms with Crippen LogP contribution in [0.1, 0.15) is 34.8 Å². The Morgan fingerprint density at radius 3 is 2.63 bits per heavy atom. The van der Waals surface area contributed by atoms with E-state index >= 15 is 0 Å². The number of ketones is 1. The molecule has 154 valence electrons. The van der Waals surface area contributed by atoms with Gasteiger partial charge in [-0.15, -0.1) is 10.2 Å². The minimum absolute atomic E-state index is 0.0437. The first kappa shape index (κ1) is 20.6. The number of nitrogens with zero attached hydrogens (tertiary/aromatic N) is 3. The molecule has 0 fully saturated rings. The lowest BCUT2D eigenvalue weighted by molar-refractivity contribution is -0.117. The molecule has 0 bridgehead atoms. The standard InChI is InChI=1S/C20H16ClN3O4S2/c1-3-29-20-23-22-19(30-20)24-15(11-5-7-12(21)8-6-11)14(17(26)18(24)27)16(25)13-9-4-10(2)28-13/h4-9,15,26H,3H2,1-2H3/t15-/m1/s1. The number of carbonyl (C=O) groups excluding carboxylic acids is 2.